The van der Waals surface area contributed by atoms with Gasteiger partial charge in [-0.2, -0.15) is 0 Å². The molecule has 11 rings (SSSR count). The van der Waals surface area contributed by atoms with Crippen molar-refractivity contribution in [2.24, 2.45) is 11.8 Å². The van der Waals surface area contributed by atoms with Crippen molar-refractivity contribution in [3.8, 4) is 28.5 Å². The summed E-state index contributed by atoms with van der Waals surface area (Å²) in [6.45, 7) is 0. The zero-order valence-electron chi connectivity index (χ0n) is 28.6. The molecular formula is C46H39N5. The molecule has 5 nitrogen and oxygen atoms in total. The number of nitrogens with zero attached hydrogens (tertiary/aromatic N) is 5. The van der Waals surface area contributed by atoms with E-state index in [4.69, 9.17) is 10.1 Å². The van der Waals surface area contributed by atoms with Gasteiger partial charge in [0.25, 0.3) is 0 Å². The molecule has 2 aliphatic heterocycles. The molecule has 0 saturated heterocycles. The van der Waals surface area contributed by atoms with E-state index in [9.17, 15) is 0 Å². The summed E-state index contributed by atoms with van der Waals surface area (Å²) in [6.07, 6.45) is 28.9. The number of para-hydroxylation sites is 1. The molecule has 5 aliphatic carbocycles. The summed E-state index contributed by atoms with van der Waals surface area (Å²) >= 11 is 0. The van der Waals surface area contributed by atoms with Crippen molar-refractivity contribution in [1.29, 1.82) is 0 Å². The van der Waals surface area contributed by atoms with E-state index in [-0.39, 0.29) is 0 Å². The van der Waals surface area contributed by atoms with E-state index in [2.05, 4.69) is 137 Å². The molecule has 4 aromatic rings. The summed E-state index contributed by atoms with van der Waals surface area (Å²) in [6, 6.07) is 28.8. The summed E-state index contributed by atoms with van der Waals surface area (Å²) in [4.78, 5) is 10.3. The molecule has 0 bridgehead atoms. The highest BCUT2D eigenvalue weighted by Crippen LogP contribution is 2.59. The summed E-state index contributed by atoms with van der Waals surface area (Å²) in [5.41, 5.74) is 16.1. The van der Waals surface area contributed by atoms with Gasteiger partial charge in [0.15, 0.2) is 11.6 Å². The van der Waals surface area contributed by atoms with E-state index in [1.165, 1.54) is 47.7 Å². The van der Waals surface area contributed by atoms with Crippen molar-refractivity contribution in [2.75, 3.05) is 9.80 Å². The standard InChI is InChI=1S/C46H39N5/c1-2-12-34(13-3-1)51-46(31-24-28-33(29-25-31)50-42-21-11-8-16-37(42)38-17-4-5-18-39-43(38)44(39)50)47-45(48-51)30-22-26-32(27-23-30)49-40-19-9-6-14-35(40)36-15-7-10-20-41(36)49/h1-6,9-10,12-13,17-20,22-29,35,43-44H,7-8,11,14-16,21H2. The minimum atomic E-state index is 0.445. The van der Waals surface area contributed by atoms with Crippen molar-refractivity contribution in [3.05, 3.63) is 173 Å². The van der Waals surface area contributed by atoms with Crippen molar-refractivity contribution in [1.82, 2.24) is 14.8 Å². The number of benzene rings is 3. The third kappa shape index (κ3) is 4.53. The van der Waals surface area contributed by atoms with E-state index < -0.39 is 0 Å². The average molecular weight is 662 g/mol. The van der Waals surface area contributed by atoms with Crippen LogP contribution in [0.3, 0.4) is 0 Å². The minimum absolute atomic E-state index is 0.445. The van der Waals surface area contributed by atoms with Crippen LogP contribution in [0.5, 0.6) is 0 Å². The lowest BCUT2D eigenvalue weighted by Crippen LogP contribution is -2.33. The van der Waals surface area contributed by atoms with Gasteiger partial charge in [-0.05, 0) is 140 Å². The Bertz CT molecular complexity index is 2340. The SMILES string of the molecule is C1=CC=C2C3C(=C1)C1=C(CCCC1)N(c1ccc(-c4nc(-c5ccc(N6C7=CC=CCC7C7=C6C=CCC7)cc5)nn4-c4ccccc4)cc1)C23. The van der Waals surface area contributed by atoms with Crippen molar-refractivity contribution in [2.45, 2.75) is 51.0 Å². The number of allylic oxidation sites excluding steroid dienone is 12. The quantitative estimate of drug-likeness (QED) is 0.213. The summed E-state index contributed by atoms with van der Waals surface area (Å²) in [5.74, 6) is 2.60. The van der Waals surface area contributed by atoms with Gasteiger partial charge in [0.2, 0.25) is 0 Å². The maximum Gasteiger partial charge on any atom is 0.182 e. The Morgan fingerprint density at radius 1 is 0.686 bits per heavy atom. The Labute approximate surface area is 299 Å². The van der Waals surface area contributed by atoms with Crippen LogP contribution >= 0.6 is 0 Å². The van der Waals surface area contributed by atoms with E-state index in [1.54, 1.807) is 22.3 Å². The maximum atomic E-state index is 5.22. The first kappa shape index (κ1) is 29.1. The van der Waals surface area contributed by atoms with Gasteiger partial charge in [-0.1, -0.05) is 60.7 Å². The summed E-state index contributed by atoms with van der Waals surface area (Å²) in [5, 5.41) is 5.13. The first-order chi connectivity index (χ1) is 25.3. The third-order valence-corrected chi connectivity index (χ3v) is 11.9. The molecule has 3 atom stereocenters. The fourth-order valence-corrected chi connectivity index (χ4v) is 9.52. The van der Waals surface area contributed by atoms with E-state index in [0.717, 1.165) is 54.1 Å². The monoisotopic (exact) mass is 661 g/mol. The van der Waals surface area contributed by atoms with Gasteiger partial charge >= 0.3 is 0 Å². The van der Waals surface area contributed by atoms with Gasteiger partial charge in [-0.15, -0.1) is 5.10 Å². The van der Waals surface area contributed by atoms with Crippen molar-refractivity contribution in [3.63, 3.8) is 0 Å². The second kappa shape index (κ2) is 11.4. The van der Waals surface area contributed by atoms with Crippen LogP contribution in [-0.4, -0.2) is 20.8 Å². The molecule has 5 heteroatoms. The first-order valence-electron chi connectivity index (χ1n) is 18.7. The van der Waals surface area contributed by atoms with Crippen molar-refractivity contribution < 1.29 is 0 Å². The highest BCUT2D eigenvalue weighted by atomic mass is 15.4. The van der Waals surface area contributed by atoms with Crippen LogP contribution < -0.4 is 9.80 Å². The highest BCUT2D eigenvalue weighted by Gasteiger charge is 2.55. The number of aromatic nitrogens is 3. The van der Waals surface area contributed by atoms with Crippen LogP contribution in [0.2, 0.25) is 0 Å². The molecular weight excluding hydrogens is 623 g/mol. The zero-order chi connectivity index (χ0) is 33.5. The molecule has 1 saturated carbocycles. The van der Waals surface area contributed by atoms with Crippen LogP contribution in [0.25, 0.3) is 28.5 Å². The molecule has 51 heavy (non-hydrogen) atoms. The Hall–Kier alpha value is -5.68. The topological polar surface area (TPSA) is 37.2 Å². The first-order valence-corrected chi connectivity index (χ1v) is 18.7. The number of rotatable bonds is 5. The van der Waals surface area contributed by atoms with Gasteiger partial charge in [0.1, 0.15) is 0 Å². The molecule has 0 radical (unpaired) electrons. The van der Waals surface area contributed by atoms with E-state index >= 15 is 0 Å². The minimum Gasteiger partial charge on any atom is -0.337 e. The highest BCUT2D eigenvalue weighted by molar-refractivity contribution is 5.75. The maximum absolute atomic E-state index is 5.22. The number of fused-ring (bicyclic) bond motifs is 4. The predicted molar refractivity (Wildman–Crippen MR) is 206 cm³/mol. The van der Waals surface area contributed by atoms with Crippen LogP contribution in [0.4, 0.5) is 11.4 Å². The van der Waals surface area contributed by atoms with E-state index in [0.29, 0.717) is 17.9 Å². The summed E-state index contributed by atoms with van der Waals surface area (Å²) in [7, 11) is 0. The van der Waals surface area contributed by atoms with Gasteiger partial charge in [-0.3, -0.25) is 0 Å². The van der Waals surface area contributed by atoms with Gasteiger partial charge in [-0.25, -0.2) is 9.67 Å². The second-order valence-corrected chi connectivity index (χ2v) is 14.7. The van der Waals surface area contributed by atoms with Crippen molar-refractivity contribution >= 4 is 11.4 Å². The molecule has 1 fully saturated rings. The zero-order valence-corrected chi connectivity index (χ0v) is 28.6. The molecule has 1 aromatic heterocycles. The predicted octanol–water partition coefficient (Wildman–Crippen LogP) is 10.6. The molecule has 0 amide bonds. The number of anilines is 2. The second-order valence-electron chi connectivity index (χ2n) is 14.7. The fraction of sp³-hybridized carbons (Fsp3) is 0.217. The lowest BCUT2D eigenvalue weighted by atomic mass is 9.85. The third-order valence-electron chi connectivity index (χ3n) is 11.9. The van der Waals surface area contributed by atoms with Gasteiger partial charge in [0.05, 0.1) is 11.7 Å². The smallest absolute Gasteiger partial charge is 0.182 e. The lowest BCUT2D eigenvalue weighted by Gasteiger charge is -2.37. The number of hydrogen-bond acceptors (Lipinski definition) is 4. The van der Waals surface area contributed by atoms with E-state index in [1.807, 2.05) is 10.7 Å². The van der Waals surface area contributed by atoms with Crippen LogP contribution in [0.15, 0.2) is 173 Å². The molecule has 0 spiro atoms. The largest absolute Gasteiger partial charge is 0.337 e. The Balaban J connectivity index is 0.946. The Morgan fingerprint density at radius 2 is 1.49 bits per heavy atom. The average Bonchev–Trinajstić information content (AvgIpc) is 3.65. The van der Waals surface area contributed by atoms with Gasteiger partial charge in [0, 0.05) is 51.4 Å². The normalized spacial score (nSPS) is 24.0. The van der Waals surface area contributed by atoms with Crippen LogP contribution in [0.1, 0.15) is 44.9 Å². The molecule has 3 heterocycles. The Morgan fingerprint density at radius 3 is 2.37 bits per heavy atom. The fourth-order valence-electron chi connectivity index (χ4n) is 9.52. The molecule has 3 unspecified atom stereocenters. The van der Waals surface area contributed by atoms with Crippen LogP contribution in [-0.2, 0) is 0 Å². The molecule has 248 valence electrons. The number of hydrogen-bond donors (Lipinski definition) is 0. The molecule has 7 aliphatic rings. The Kier molecular flexibility index (Phi) is 6.52. The lowest BCUT2D eigenvalue weighted by molar-refractivity contribution is 0.618. The van der Waals surface area contributed by atoms with Crippen LogP contribution in [0, 0.1) is 11.8 Å². The molecule has 0 N–H and O–H groups in total. The molecule has 3 aromatic carbocycles. The summed E-state index contributed by atoms with van der Waals surface area (Å²) < 4.78 is 2.00. The van der Waals surface area contributed by atoms with Gasteiger partial charge < -0.3 is 9.80 Å².